The molecule has 152 valence electrons. The van der Waals surface area contributed by atoms with Crippen molar-refractivity contribution in [2.75, 3.05) is 31.6 Å². The Morgan fingerprint density at radius 2 is 2.10 bits per heavy atom. The van der Waals surface area contributed by atoms with Gasteiger partial charge in [0.15, 0.2) is 6.61 Å². The lowest BCUT2D eigenvalue weighted by Crippen LogP contribution is -2.47. The van der Waals surface area contributed by atoms with Gasteiger partial charge in [0.1, 0.15) is 11.6 Å². The van der Waals surface area contributed by atoms with Crippen LogP contribution in [0.1, 0.15) is 28.8 Å². The standard InChI is InChI=1S/C22H24FN3O3/c1-25-19-11-15(8-9-20(19)29-14-21(25)27)22(28)24-17-6-4-10-26(13-17)12-16-5-2-3-7-18(16)23/h2-3,5,7-9,11,17H,4,6,10,12-14H2,1H3,(H,24,28). The Kier molecular flexibility index (Phi) is 5.49. The van der Waals surface area contributed by atoms with E-state index in [1.54, 1.807) is 37.4 Å². The van der Waals surface area contributed by atoms with Gasteiger partial charge in [0.25, 0.3) is 11.8 Å². The Balaban J connectivity index is 1.41. The van der Waals surface area contributed by atoms with E-state index in [0.29, 0.717) is 35.7 Å². The third kappa shape index (κ3) is 4.24. The highest BCUT2D eigenvalue weighted by Gasteiger charge is 2.25. The van der Waals surface area contributed by atoms with Crippen LogP contribution < -0.4 is 15.0 Å². The predicted octanol–water partition coefficient (Wildman–Crippen LogP) is 2.58. The maximum absolute atomic E-state index is 13.9. The van der Waals surface area contributed by atoms with E-state index in [4.69, 9.17) is 4.74 Å². The van der Waals surface area contributed by atoms with Gasteiger partial charge >= 0.3 is 0 Å². The predicted molar refractivity (Wildman–Crippen MR) is 108 cm³/mol. The Bertz CT molecular complexity index is 933. The topological polar surface area (TPSA) is 61.9 Å². The smallest absolute Gasteiger partial charge is 0.264 e. The van der Waals surface area contributed by atoms with E-state index in [1.165, 1.54) is 11.0 Å². The second kappa shape index (κ2) is 8.21. The lowest BCUT2D eigenvalue weighted by atomic mass is 10.0. The Morgan fingerprint density at radius 3 is 2.93 bits per heavy atom. The van der Waals surface area contributed by atoms with E-state index in [1.807, 2.05) is 6.07 Å². The number of amides is 2. The maximum Gasteiger partial charge on any atom is 0.264 e. The van der Waals surface area contributed by atoms with Gasteiger partial charge in [-0.2, -0.15) is 0 Å². The van der Waals surface area contributed by atoms with Crippen molar-refractivity contribution in [1.29, 1.82) is 0 Å². The normalized spacial score (nSPS) is 19.4. The molecule has 6 nitrogen and oxygen atoms in total. The van der Waals surface area contributed by atoms with E-state index in [0.717, 1.165) is 19.4 Å². The summed E-state index contributed by atoms with van der Waals surface area (Å²) in [7, 11) is 1.67. The summed E-state index contributed by atoms with van der Waals surface area (Å²) >= 11 is 0. The fourth-order valence-corrected chi connectivity index (χ4v) is 3.87. The Hall–Kier alpha value is -2.93. The Morgan fingerprint density at radius 1 is 1.28 bits per heavy atom. The molecule has 0 aromatic heterocycles. The highest BCUT2D eigenvalue weighted by molar-refractivity contribution is 6.01. The molecule has 7 heteroatoms. The number of likely N-dealkylation sites (N-methyl/N-ethyl adjacent to an activating group) is 1. The lowest BCUT2D eigenvalue weighted by Gasteiger charge is -2.33. The summed E-state index contributed by atoms with van der Waals surface area (Å²) in [5, 5.41) is 3.08. The number of carbonyl (C=O) groups excluding carboxylic acids is 2. The van der Waals surface area contributed by atoms with Crippen molar-refractivity contribution in [3.8, 4) is 5.75 Å². The molecule has 1 saturated heterocycles. The quantitative estimate of drug-likeness (QED) is 0.862. The van der Waals surface area contributed by atoms with Gasteiger partial charge in [-0.15, -0.1) is 0 Å². The molecule has 0 bridgehead atoms. The van der Waals surface area contributed by atoms with Crippen LogP contribution in [0.2, 0.25) is 0 Å². The number of piperidine rings is 1. The number of anilines is 1. The van der Waals surface area contributed by atoms with Crippen LogP contribution in [-0.2, 0) is 11.3 Å². The number of carbonyl (C=O) groups is 2. The monoisotopic (exact) mass is 397 g/mol. The fourth-order valence-electron chi connectivity index (χ4n) is 3.87. The lowest BCUT2D eigenvalue weighted by molar-refractivity contribution is -0.120. The van der Waals surface area contributed by atoms with E-state index in [9.17, 15) is 14.0 Å². The number of rotatable bonds is 4. The van der Waals surface area contributed by atoms with Crippen LogP contribution >= 0.6 is 0 Å². The second-order valence-electron chi connectivity index (χ2n) is 7.56. The summed E-state index contributed by atoms with van der Waals surface area (Å²) in [6.45, 7) is 2.09. The molecule has 2 heterocycles. The molecule has 4 rings (SSSR count). The molecule has 1 atom stereocenters. The first kappa shape index (κ1) is 19.4. The van der Waals surface area contributed by atoms with Crippen molar-refractivity contribution in [1.82, 2.24) is 10.2 Å². The Labute approximate surface area is 169 Å². The summed E-state index contributed by atoms with van der Waals surface area (Å²) in [5.41, 5.74) is 1.75. The molecule has 1 N–H and O–H groups in total. The molecule has 2 aliphatic rings. The zero-order chi connectivity index (χ0) is 20.4. The maximum atomic E-state index is 13.9. The van der Waals surface area contributed by atoms with Gasteiger partial charge in [0.05, 0.1) is 5.69 Å². The van der Waals surface area contributed by atoms with Crippen LogP contribution in [0.3, 0.4) is 0 Å². The van der Waals surface area contributed by atoms with E-state index in [-0.39, 0.29) is 30.3 Å². The molecule has 0 spiro atoms. The highest BCUT2D eigenvalue weighted by Crippen LogP contribution is 2.32. The third-order valence-electron chi connectivity index (χ3n) is 5.50. The van der Waals surface area contributed by atoms with Crippen LogP contribution in [0.5, 0.6) is 5.75 Å². The highest BCUT2D eigenvalue weighted by atomic mass is 19.1. The summed E-state index contributed by atoms with van der Waals surface area (Å²) in [4.78, 5) is 28.3. The second-order valence-corrected chi connectivity index (χ2v) is 7.56. The summed E-state index contributed by atoms with van der Waals surface area (Å²) < 4.78 is 19.3. The zero-order valence-corrected chi connectivity index (χ0v) is 16.4. The van der Waals surface area contributed by atoms with Crippen molar-refractivity contribution in [2.24, 2.45) is 0 Å². The minimum absolute atomic E-state index is 0.00494. The molecular weight excluding hydrogens is 373 g/mol. The molecular formula is C22H24FN3O3. The third-order valence-corrected chi connectivity index (χ3v) is 5.50. The van der Waals surface area contributed by atoms with Crippen molar-refractivity contribution >= 4 is 17.5 Å². The number of halogens is 1. The molecule has 1 fully saturated rings. The number of nitrogens with zero attached hydrogens (tertiary/aromatic N) is 2. The fraction of sp³-hybridized carbons (Fsp3) is 0.364. The first-order chi connectivity index (χ1) is 14.0. The summed E-state index contributed by atoms with van der Waals surface area (Å²) in [6.07, 6.45) is 1.82. The number of fused-ring (bicyclic) bond motifs is 1. The van der Waals surface area contributed by atoms with E-state index >= 15 is 0 Å². The number of ether oxygens (including phenoxy) is 1. The van der Waals surface area contributed by atoms with Crippen LogP contribution in [0.25, 0.3) is 0 Å². The number of hydrogen-bond acceptors (Lipinski definition) is 4. The zero-order valence-electron chi connectivity index (χ0n) is 16.4. The van der Waals surface area contributed by atoms with Crippen LogP contribution in [0, 0.1) is 5.82 Å². The van der Waals surface area contributed by atoms with Gasteiger partial charge in [0, 0.05) is 37.3 Å². The summed E-state index contributed by atoms with van der Waals surface area (Å²) in [5.74, 6) is 0.0640. The number of benzene rings is 2. The van der Waals surface area contributed by atoms with Gasteiger partial charge in [-0.05, 0) is 43.7 Å². The molecule has 2 aromatic rings. The van der Waals surface area contributed by atoms with Gasteiger partial charge in [0.2, 0.25) is 0 Å². The minimum atomic E-state index is -0.200. The average molecular weight is 397 g/mol. The van der Waals surface area contributed by atoms with Gasteiger partial charge in [-0.1, -0.05) is 18.2 Å². The van der Waals surface area contributed by atoms with Gasteiger partial charge < -0.3 is 15.0 Å². The van der Waals surface area contributed by atoms with Crippen molar-refractivity contribution in [2.45, 2.75) is 25.4 Å². The number of hydrogen-bond donors (Lipinski definition) is 1. The minimum Gasteiger partial charge on any atom is -0.482 e. The number of likely N-dealkylation sites (tertiary alicyclic amines) is 1. The molecule has 0 aliphatic carbocycles. The molecule has 1 unspecified atom stereocenters. The van der Waals surface area contributed by atoms with Crippen LogP contribution in [-0.4, -0.2) is 49.5 Å². The van der Waals surface area contributed by atoms with E-state index < -0.39 is 0 Å². The first-order valence-electron chi connectivity index (χ1n) is 9.81. The molecule has 2 aromatic carbocycles. The largest absolute Gasteiger partial charge is 0.482 e. The van der Waals surface area contributed by atoms with Crippen molar-refractivity contribution in [3.05, 3.63) is 59.4 Å². The summed E-state index contributed by atoms with van der Waals surface area (Å²) in [6, 6.07) is 11.9. The van der Waals surface area contributed by atoms with Gasteiger partial charge in [-0.25, -0.2) is 4.39 Å². The van der Waals surface area contributed by atoms with Crippen LogP contribution in [0.4, 0.5) is 10.1 Å². The average Bonchev–Trinajstić information content (AvgIpc) is 2.72. The van der Waals surface area contributed by atoms with Crippen molar-refractivity contribution in [3.63, 3.8) is 0 Å². The molecule has 2 amide bonds. The first-order valence-corrected chi connectivity index (χ1v) is 9.81. The molecule has 29 heavy (non-hydrogen) atoms. The number of nitrogens with one attached hydrogen (secondary N) is 1. The van der Waals surface area contributed by atoms with Crippen LogP contribution in [0.15, 0.2) is 42.5 Å². The molecule has 2 aliphatic heterocycles. The SMILES string of the molecule is CN1C(=O)COc2ccc(C(=O)NC3CCCN(Cc4ccccc4F)C3)cc21. The van der Waals surface area contributed by atoms with Crippen molar-refractivity contribution < 1.29 is 18.7 Å². The molecule has 0 radical (unpaired) electrons. The van der Waals surface area contributed by atoms with E-state index in [2.05, 4.69) is 10.2 Å². The molecule has 0 saturated carbocycles. The van der Waals surface area contributed by atoms with Gasteiger partial charge in [-0.3, -0.25) is 14.5 Å².